The second-order valence-corrected chi connectivity index (χ2v) is 6.20. The van der Waals surface area contributed by atoms with Crippen LogP contribution in [0, 0.1) is 5.82 Å². The van der Waals surface area contributed by atoms with Gasteiger partial charge in [-0.25, -0.2) is 4.39 Å². The molecule has 0 radical (unpaired) electrons. The minimum atomic E-state index is -0.586. The first kappa shape index (κ1) is 15.4. The molecule has 4 nitrogen and oxygen atoms in total. The molecule has 0 unspecified atom stereocenters. The summed E-state index contributed by atoms with van der Waals surface area (Å²) in [6.45, 7) is 3.02. The van der Waals surface area contributed by atoms with Gasteiger partial charge in [-0.2, -0.15) is 0 Å². The predicted molar refractivity (Wildman–Crippen MR) is 82.2 cm³/mol. The summed E-state index contributed by atoms with van der Waals surface area (Å²) in [5, 5.41) is 6.52. The molecule has 5 heteroatoms. The van der Waals surface area contributed by atoms with Crippen LogP contribution in [0.1, 0.15) is 31.2 Å². The molecule has 2 fully saturated rings. The minimum absolute atomic E-state index is 0.0642. The van der Waals surface area contributed by atoms with Crippen LogP contribution < -0.4 is 10.6 Å². The molecule has 3 rings (SSSR count). The summed E-state index contributed by atoms with van der Waals surface area (Å²) >= 11 is 0. The lowest BCUT2D eigenvalue weighted by atomic mass is 9.73. The van der Waals surface area contributed by atoms with Crippen molar-refractivity contribution < 1.29 is 13.9 Å². The number of benzene rings is 1. The van der Waals surface area contributed by atoms with Gasteiger partial charge in [0.15, 0.2) is 0 Å². The van der Waals surface area contributed by atoms with Gasteiger partial charge < -0.3 is 15.4 Å². The molecule has 0 aromatic heterocycles. The van der Waals surface area contributed by atoms with Gasteiger partial charge in [-0.05, 0) is 56.5 Å². The lowest BCUT2D eigenvalue weighted by Crippen LogP contribution is -2.52. The Kier molecular flexibility index (Phi) is 4.74. The van der Waals surface area contributed by atoms with E-state index in [-0.39, 0.29) is 17.8 Å². The van der Waals surface area contributed by atoms with Crippen LogP contribution in [0.3, 0.4) is 0 Å². The fraction of sp³-hybridized carbons (Fsp3) is 0.588. The maximum atomic E-state index is 13.2. The molecule has 0 spiro atoms. The quantitative estimate of drug-likeness (QED) is 0.894. The second-order valence-electron chi connectivity index (χ2n) is 6.20. The number of nitrogens with one attached hydrogen (secondary N) is 2. The highest BCUT2D eigenvalue weighted by molar-refractivity contribution is 5.88. The fourth-order valence-corrected chi connectivity index (χ4v) is 3.43. The lowest BCUT2D eigenvalue weighted by molar-refractivity contribution is -0.131. The largest absolute Gasteiger partial charge is 0.381 e. The lowest BCUT2D eigenvalue weighted by Gasteiger charge is -2.38. The Bertz CT molecular complexity index is 506. The number of hydrogen-bond acceptors (Lipinski definition) is 3. The molecule has 0 aliphatic carbocycles. The molecule has 2 aliphatic heterocycles. The number of hydrogen-bond donors (Lipinski definition) is 2. The van der Waals surface area contributed by atoms with E-state index in [2.05, 4.69) is 10.6 Å². The summed E-state index contributed by atoms with van der Waals surface area (Å²) in [4.78, 5) is 13.0. The smallest absolute Gasteiger partial charge is 0.231 e. The van der Waals surface area contributed by atoms with Gasteiger partial charge >= 0.3 is 0 Å². The zero-order valence-electron chi connectivity index (χ0n) is 12.7. The van der Waals surface area contributed by atoms with Gasteiger partial charge in [0, 0.05) is 19.3 Å². The number of amides is 1. The molecule has 2 saturated heterocycles. The van der Waals surface area contributed by atoms with Crippen LogP contribution in [0.4, 0.5) is 4.39 Å². The Labute approximate surface area is 130 Å². The van der Waals surface area contributed by atoms with Gasteiger partial charge in [0.2, 0.25) is 5.91 Å². The van der Waals surface area contributed by atoms with Crippen LogP contribution in [0.15, 0.2) is 24.3 Å². The Hall–Kier alpha value is -1.46. The van der Waals surface area contributed by atoms with Crippen molar-refractivity contribution in [2.45, 2.75) is 37.1 Å². The monoisotopic (exact) mass is 306 g/mol. The third kappa shape index (κ3) is 3.15. The van der Waals surface area contributed by atoms with Gasteiger partial charge in [-0.15, -0.1) is 0 Å². The average Bonchev–Trinajstić information content (AvgIpc) is 2.57. The van der Waals surface area contributed by atoms with Gasteiger partial charge in [0.25, 0.3) is 0 Å². The molecule has 120 valence electrons. The van der Waals surface area contributed by atoms with E-state index in [9.17, 15) is 9.18 Å². The van der Waals surface area contributed by atoms with Gasteiger partial charge in [-0.3, -0.25) is 4.79 Å². The Morgan fingerprint density at radius 1 is 1.18 bits per heavy atom. The molecule has 0 atom stereocenters. The van der Waals surface area contributed by atoms with Crippen LogP contribution >= 0.6 is 0 Å². The van der Waals surface area contributed by atoms with Crippen molar-refractivity contribution in [2.75, 3.05) is 26.3 Å². The maximum Gasteiger partial charge on any atom is 0.231 e. The zero-order chi connectivity index (χ0) is 15.4. The highest BCUT2D eigenvalue weighted by Gasteiger charge is 2.42. The van der Waals surface area contributed by atoms with Crippen molar-refractivity contribution in [3.05, 3.63) is 35.6 Å². The molecule has 2 heterocycles. The summed E-state index contributed by atoms with van der Waals surface area (Å²) in [5.74, 6) is -0.209. The van der Waals surface area contributed by atoms with Crippen molar-refractivity contribution >= 4 is 5.91 Å². The topological polar surface area (TPSA) is 50.4 Å². The van der Waals surface area contributed by atoms with Crippen molar-refractivity contribution in [1.82, 2.24) is 10.6 Å². The van der Waals surface area contributed by atoms with Crippen LogP contribution in [-0.2, 0) is 14.9 Å². The highest BCUT2D eigenvalue weighted by Crippen LogP contribution is 2.35. The molecule has 0 bridgehead atoms. The van der Waals surface area contributed by atoms with Crippen molar-refractivity contribution in [3.8, 4) is 0 Å². The highest BCUT2D eigenvalue weighted by atomic mass is 19.1. The number of rotatable bonds is 3. The summed E-state index contributed by atoms with van der Waals surface area (Å²) in [6, 6.07) is 6.58. The summed E-state index contributed by atoms with van der Waals surface area (Å²) in [6.07, 6.45) is 3.22. The van der Waals surface area contributed by atoms with Gasteiger partial charge in [0.05, 0.1) is 5.41 Å². The first-order chi connectivity index (χ1) is 10.7. The number of halogens is 1. The third-order valence-corrected chi connectivity index (χ3v) is 4.85. The summed E-state index contributed by atoms with van der Waals surface area (Å²) in [5.41, 5.74) is 0.306. The van der Waals surface area contributed by atoms with Crippen LogP contribution in [0.2, 0.25) is 0 Å². The summed E-state index contributed by atoms with van der Waals surface area (Å²) < 4.78 is 18.7. The van der Waals surface area contributed by atoms with Crippen LogP contribution in [0.25, 0.3) is 0 Å². The number of carbonyl (C=O) groups excluding carboxylic acids is 1. The number of carbonyl (C=O) groups is 1. The SMILES string of the molecule is O=C(NC1CCNCC1)C1(c2ccc(F)cc2)CCOCC1. The maximum absolute atomic E-state index is 13.2. The van der Waals surface area contributed by atoms with E-state index in [1.54, 1.807) is 12.1 Å². The van der Waals surface area contributed by atoms with E-state index in [4.69, 9.17) is 4.74 Å². The standard InChI is InChI=1S/C17H23FN2O2/c18-14-3-1-13(2-4-14)17(7-11-22-12-8-17)16(21)20-15-5-9-19-10-6-15/h1-4,15,19H,5-12H2,(H,20,21). The van der Waals surface area contributed by atoms with E-state index in [1.807, 2.05) is 0 Å². The molecular weight excluding hydrogens is 283 g/mol. The van der Waals surface area contributed by atoms with Crippen molar-refractivity contribution in [1.29, 1.82) is 0 Å². The third-order valence-electron chi connectivity index (χ3n) is 4.85. The molecule has 22 heavy (non-hydrogen) atoms. The zero-order valence-corrected chi connectivity index (χ0v) is 12.7. The van der Waals surface area contributed by atoms with E-state index in [0.29, 0.717) is 26.1 Å². The molecule has 2 aliphatic rings. The molecular formula is C17H23FN2O2. The second kappa shape index (κ2) is 6.75. The predicted octanol–water partition coefficient (Wildman–Crippen LogP) is 1.74. The normalized spacial score (nSPS) is 22.2. The van der Waals surface area contributed by atoms with Gasteiger partial charge in [0.1, 0.15) is 5.82 Å². The van der Waals surface area contributed by atoms with E-state index in [1.165, 1.54) is 12.1 Å². The first-order valence-electron chi connectivity index (χ1n) is 8.06. The van der Waals surface area contributed by atoms with E-state index >= 15 is 0 Å². The molecule has 1 aromatic carbocycles. The summed E-state index contributed by atoms with van der Waals surface area (Å²) in [7, 11) is 0. The fourth-order valence-electron chi connectivity index (χ4n) is 3.43. The minimum Gasteiger partial charge on any atom is -0.381 e. The number of piperidine rings is 1. The van der Waals surface area contributed by atoms with E-state index < -0.39 is 5.41 Å². The van der Waals surface area contributed by atoms with Crippen LogP contribution in [0.5, 0.6) is 0 Å². The first-order valence-corrected chi connectivity index (χ1v) is 8.06. The van der Waals surface area contributed by atoms with Crippen molar-refractivity contribution in [2.24, 2.45) is 0 Å². The molecule has 0 saturated carbocycles. The Morgan fingerprint density at radius 3 is 2.45 bits per heavy atom. The Balaban J connectivity index is 1.81. The van der Waals surface area contributed by atoms with Crippen molar-refractivity contribution in [3.63, 3.8) is 0 Å². The van der Waals surface area contributed by atoms with Gasteiger partial charge in [-0.1, -0.05) is 12.1 Å². The number of ether oxygens (including phenoxy) is 1. The molecule has 1 amide bonds. The Morgan fingerprint density at radius 2 is 1.82 bits per heavy atom. The molecule has 1 aromatic rings. The van der Waals surface area contributed by atoms with Crippen LogP contribution in [-0.4, -0.2) is 38.3 Å². The average molecular weight is 306 g/mol. The van der Waals surface area contributed by atoms with E-state index in [0.717, 1.165) is 31.5 Å². The molecule has 2 N–H and O–H groups in total.